The highest BCUT2D eigenvalue weighted by Crippen LogP contribution is 2.14. The van der Waals surface area contributed by atoms with Gasteiger partial charge in [-0.2, -0.15) is 13.2 Å². The number of carbonyl (C=O) groups is 8. The Hall–Kier alpha value is -6.04. The summed E-state index contributed by atoms with van der Waals surface area (Å²) in [5.74, 6) is -9.64. The van der Waals surface area contributed by atoms with Gasteiger partial charge in [0.25, 0.3) is 0 Å². The maximum atomic E-state index is 13.9. The van der Waals surface area contributed by atoms with Crippen molar-refractivity contribution in [2.75, 3.05) is 6.54 Å². The number of nitrogens with two attached hydrogens (primary N) is 4. The van der Waals surface area contributed by atoms with Crippen LogP contribution in [-0.2, 0) is 44.8 Å². The van der Waals surface area contributed by atoms with E-state index in [4.69, 9.17) is 32.8 Å². The zero-order valence-electron chi connectivity index (χ0n) is 34.5. The van der Waals surface area contributed by atoms with Gasteiger partial charge in [-0.25, -0.2) is 9.59 Å². The maximum absolute atomic E-state index is 13.9. The minimum absolute atomic E-state index is 0.0359. The second kappa shape index (κ2) is 26.9. The van der Waals surface area contributed by atoms with E-state index in [0.717, 1.165) is 0 Å². The van der Waals surface area contributed by atoms with Crippen molar-refractivity contribution in [3.63, 3.8) is 0 Å². The molecule has 0 radical (unpaired) electrons. The zero-order chi connectivity index (χ0) is 47.2. The Bertz CT molecular complexity index is 1660. The second-order valence-electron chi connectivity index (χ2n) is 14.8. The topological polar surface area (TPSA) is 374 Å². The number of carboxylic acid groups (broad SMARTS) is 2. The summed E-state index contributed by atoms with van der Waals surface area (Å²) in [7, 11) is 0. The molecule has 0 spiro atoms. The van der Waals surface area contributed by atoms with E-state index in [0.29, 0.717) is 5.56 Å². The van der Waals surface area contributed by atoms with E-state index in [1.165, 1.54) is 6.92 Å². The molecule has 6 amide bonds. The summed E-state index contributed by atoms with van der Waals surface area (Å²) in [6.45, 7) is 8.66. The Kier molecular flexibility index (Phi) is 24.3. The van der Waals surface area contributed by atoms with Gasteiger partial charge in [-0.15, -0.1) is 0 Å². The van der Waals surface area contributed by atoms with E-state index in [2.05, 4.69) is 31.6 Å². The highest BCUT2D eigenvalue weighted by Gasteiger charge is 2.38. The fourth-order valence-corrected chi connectivity index (χ4v) is 5.21. The first-order valence-electron chi connectivity index (χ1n) is 19.0. The highest BCUT2D eigenvalue weighted by molar-refractivity contribution is 5.97. The van der Waals surface area contributed by atoms with Crippen LogP contribution in [0.2, 0.25) is 0 Å². The Morgan fingerprint density at radius 3 is 1.48 bits per heavy atom. The molecule has 0 aromatic heterocycles. The molecule has 0 aliphatic rings. The van der Waals surface area contributed by atoms with Crippen molar-refractivity contribution in [3.8, 4) is 0 Å². The highest BCUT2D eigenvalue weighted by atomic mass is 19.4. The van der Waals surface area contributed by atoms with Gasteiger partial charge in [0, 0.05) is 13.0 Å². The van der Waals surface area contributed by atoms with Gasteiger partial charge >= 0.3 is 18.1 Å². The smallest absolute Gasteiger partial charge is 0.480 e. The number of benzene rings is 1. The summed E-state index contributed by atoms with van der Waals surface area (Å²) in [6, 6.07) is 0.883. The number of primary amides is 1. The van der Waals surface area contributed by atoms with Gasteiger partial charge in [-0.05, 0) is 50.0 Å². The molecule has 0 saturated carbocycles. The van der Waals surface area contributed by atoms with E-state index >= 15 is 0 Å². The van der Waals surface area contributed by atoms with Crippen molar-refractivity contribution in [2.45, 2.75) is 122 Å². The van der Waals surface area contributed by atoms with Gasteiger partial charge in [0.2, 0.25) is 35.4 Å². The van der Waals surface area contributed by atoms with Gasteiger partial charge in [0.15, 0.2) is 5.96 Å². The molecule has 1 aromatic carbocycles. The number of aliphatic carboxylic acids is 2. The van der Waals surface area contributed by atoms with Crippen LogP contribution in [-0.4, -0.2) is 124 Å². The van der Waals surface area contributed by atoms with Crippen LogP contribution in [0.4, 0.5) is 13.2 Å². The molecule has 7 atom stereocenters. The third-order valence-electron chi connectivity index (χ3n) is 8.26. The number of nitrogens with one attached hydrogen (secondary N) is 5. The molecule has 1 aromatic rings. The van der Waals surface area contributed by atoms with Crippen molar-refractivity contribution >= 4 is 53.3 Å². The van der Waals surface area contributed by atoms with Crippen LogP contribution < -0.4 is 49.5 Å². The largest absolute Gasteiger partial charge is 0.490 e. The van der Waals surface area contributed by atoms with Crippen LogP contribution in [0, 0.1) is 11.8 Å². The Balaban J connectivity index is 0.00000470. The number of aliphatic hydroxyl groups excluding tert-OH is 1. The molecule has 21 nitrogen and oxygen atoms in total. The maximum Gasteiger partial charge on any atom is 0.490 e. The number of alkyl halides is 3. The molecule has 7 unspecified atom stereocenters. The van der Waals surface area contributed by atoms with E-state index in [9.17, 15) is 56.9 Å². The number of aliphatic imine (C=N–C) groups is 1. The number of nitrogens with zero attached hydrogens (tertiary/aromatic N) is 1. The van der Waals surface area contributed by atoms with E-state index in [-0.39, 0.29) is 56.4 Å². The lowest BCUT2D eigenvalue weighted by Crippen LogP contribution is -2.60. The predicted octanol–water partition coefficient (Wildman–Crippen LogP) is -1.90. The molecule has 0 aliphatic carbocycles. The first-order chi connectivity index (χ1) is 28.2. The van der Waals surface area contributed by atoms with Crippen molar-refractivity contribution in [1.29, 1.82) is 0 Å². The quantitative estimate of drug-likeness (QED) is 0.0307. The van der Waals surface area contributed by atoms with E-state index < -0.39 is 102 Å². The summed E-state index contributed by atoms with van der Waals surface area (Å²) >= 11 is 0. The molecule has 0 heterocycles. The monoisotopic (exact) mass is 876 g/mol. The number of hydrogen-bond acceptors (Lipinski definition) is 11. The molecule has 0 fully saturated rings. The number of aliphatic hydroxyl groups is 1. The normalized spacial score (nSPS) is 14.6. The van der Waals surface area contributed by atoms with Crippen molar-refractivity contribution < 1.29 is 66.8 Å². The Labute approximate surface area is 350 Å². The average molecular weight is 877 g/mol. The van der Waals surface area contributed by atoms with Gasteiger partial charge < -0.3 is 64.8 Å². The molecular formula is C37H59F3N10O11. The summed E-state index contributed by atoms with van der Waals surface area (Å²) in [5, 5.41) is 39.2. The molecule has 344 valence electrons. The molecule has 1 rings (SSSR count). The summed E-state index contributed by atoms with van der Waals surface area (Å²) in [5.41, 5.74) is 22.4. The summed E-state index contributed by atoms with van der Waals surface area (Å²) in [6.07, 6.45) is -6.59. The predicted molar refractivity (Wildman–Crippen MR) is 213 cm³/mol. The third-order valence-corrected chi connectivity index (χ3v) is 8.26. The number of carboxylic acids is 2. The standard InChI is InChI=1S/C35H58N10O9.C2HF3O2/c1-18(2)14-23(30(49)41-22(12-9-13-40-35(38)39)29(48)45-26(34(53)54)17-27(36)47)42-31(50)24(15-19(3)4)43-32(51)25(16-21-10-7-6-8-11-21)44-33(52)28(37)20(5)46;3-2(4,5)1(6)7/h6-8,10-11,18-20,22-26,28,46H,9,12-17,37H2,1-5H3,(H2,36,47)(H,41,49)(H,42,50)(H,43,51)(H,44,52)(H,45,48)(H,53,54)(H4,38,39,40);(H,6,7). The van der Waals surface area contributed by atoms with Crippen molar-refractivity contribution in [3.05, 3.63) is 35.9 Å². The fraction of sp³-hybridized carbons (Fsp3) is 0.595. The number of rotatable bonds is 24. The third kappa shape index (κ3) is 23.4. The molecule has 24 heteroatoms. The minimum Gasteiger partial charge on any atom is -0.480 e. The molecule has 0 saturated heterocycles. The lowest BCUT2D eigenvalue weighted by Gasteiger charge is -2.28. The lowest BCUT2D eigenvalue weighted by atomic mass is 9.98. The second-order valence-corrected chi connectivity index (χ2v) is 14.8. The number of carbonyl (C=O) groups excluding carboxylic acids is 6. The molecule has 0 aliphatic heterocycles. The summed E-state index contributed by atoms with van der Waals surface area (Å²) < 4.78 is 31.7. The lowest BCUT2D eigenvalue weighted by molar-refractivity contribution is -0.192. The van der Waals surface area contributed by atoms with E-state index in [1.807, 2.05) is 13.8 Å². The van der Waals surface area contributed by atoms with Crippen molar-refractivity contribution in [2.24, 2.45) is 39.8 Å². The van der Waals surface area contributed by atoms with Crippen LogP contribution >= 0.6 is 0 Å². The van der Waals surface area contributed by atoms with Gasteiger partial charge in [0.1, 0.15) is 36.3 Å². The minimum atomic E-state index is -5.08. The Morgan fingerprint density at radius 1 is 0.672 bits per heavy atom. The van der Waals surface area contributed by atoms with Gasteiger partial charge in [-0.3, -0.25) is 33.8 Å². The van der Waals surface area contributed by atoms with Crippen LogP contribution in [0.25, 0.3) is 0 Å². The van der Waals surface area contributed by atoms with E-state index in [1.54, 1.807) is 44.2 Å². The van der Waals surface area contributed by atoms with Crippen LogP contribution in [0.5, 0.6) is 0 Å². The molecular weight excluding hydrogens is 817 g/mol. The number of halogens is 3. The first-order valence-corrected chi connectivity index (χ1v) is 19.0. The SMILES string of the molecule is CC(C)CC(NC(=O)C(CC(C)C)NC(=O)C(Cc1ccccc1)NC(=O)C(N)C(C)O)C(=O)NC(CCCN=C(N)N)C(=O)NC(CC(N)=O)C(=O)O.O=C(O)C(F)(F)F. The molecule has 0 bridgehead atoms. The molecule has 16 N–H and O–H groups in total. The zero-order valence-corrected chi connectivity index (χ0v) is 34.5. The van der Waals surface area contributed by atoms with Gasteiger partial charge in [0.05, 0.1) is 12.5 Å². The fourth-order valence-electron chi connectivity index (χ4n) is 5.21. The number of guanidine groups is 1. The van der Waals surface area contributed by atoms with Crippen LogP contribution in [0.3, 0.4) is 0 Å². The van der Waals surface area contributed by atoms with Crippen LogP contribution in [0.15, 0.2) is 35.3 Å². The first kappa shape index (κ1) is 55.0. The number of amides is 6. The Morgan fingerprint density at radius 2 is 1.08 bits per heavy atom. The number of hydrogen-bond donors (Lipinski definition) is 12. The van der Waals surface area contributed by atoms with Gasteiger partial charge in [-0.1, -0.05) is 58.0 Å². The average Bonchev–Trinajstić information content (AvgIpc) is 3.13. The van der Waals surface area contributed by atoms with Crippen molar-refractivity contribution in [1.82, 2.24) is 26.6 Å². The summed E-state index contributed by atoms with van der Waals surface area (Å²) in [4.78, 5) is 103. The molecule has 61 heavy (non-hydrogen) atoms. The van der Waals surface area contributed by atoms with Crippen LogP contribution in [0.1, 0.15) is 72.3 Å².